The SMILES string of the molecule is CC(C)Cn1nc(C(C)(C)O)cc1-c1ccc(-c2cccc(S(C)=O)c2)cc1. The number of hydrogen-bond donors (Lipinski definition) is 1. The zero-order valence-corrected chi connectivity index (χ0v) is 18.0. The van der Waals surface area contributed by atoms with Crippen LogP contribution in [0.4, 0.5) is 0 Å². The van der Waals surface area contributed by atoms with Gasteiger partial charge in [0.05, 0.1) is 11.4 Å². The van der Waals surface area contributed by atoms with Crippen molar-refractivity contribution in [2.75, 3.05) is 6.26 Å². The van der Waals surface area contributed by atoms with Crippen molar-refractivity contribution in [1.29, 1.82) is 0 Å². The van der Waals surface area contributed by atoms with Crippen LogP contribution >= 0.6 is 0 Å². The Labute approximate surface area is 169 Å². The van der Waals surface area contributed by atoms with Crippen LogP contribution in [-0.4, -0.2) is 25.4 Å². The predicted octanol–water partition coefficient (Wildman–Crippen LogP) is 4.84. The van der Waals surface area contributed by atoms with Crippen molar-refractivity contribution in [3.63, 3.8) is 0 Å². The van der Waals surface area contributed by atoms with Crippen LogP contribution in [0.5, 0.6) is 0 Å². The lowest BCUT2D eigenvalue weighted by molar-refractivity contribution is 0.0729. The van der Waals surface area contributed by atoms with Gasteiger partial charge in [-0.15, -0.1) is 0 Å². The van der Waals surface area contributed by atoms with Crippen LogP contribution in [0.3, 0.4) is 0 Å². The lowest BCUT2D eigenvalue weighted by atomic mass is 10.0. The molecule has 1 aromatic heterocycles. The third-order valence-corrected chi connectivity index (χ3v) is 5.54. The van der Waals surface area contributed by atoms with Gasteiger partial charge in [0.2, 0.25) is 0 Å². The highest BCUT2D eigenvalue weighted by molar-refractivity contribution is 7.84. The first-order chi connectivity index (χ1) is 13.1. The topological polar surface area (TPSA) is 55.1 Å². The van der Waals surface area contributed by atoms with E-state index in [-0.39, 0.29) is 0 Å². The van der Waals surface area contributed by atoms with Crippen LogP contribution < -0.4 is 0 Å². The van der Waals surface area contributed by atoms with Gasteiger partial charge < -0.3 is 5.11 Å². The molecule has 0 aliphatic heterocycles. The fourth-order valence-corrected chi connectivity index (χ4v) is 3.68. The molecule has 3 rings (SSSR count). The molecule has 1 heterocycles. The van der Waals surface area contributed by atoms with Crippen molar-refractivity contribution in [2.45, 2.75) is 44.7 Å². The van der Waals surface area contributed by atoms with Crippen LogP contribution in [-0.2, 0) is 22.9 Å². The minimum atomic E-state index is -0.997. The molecule has 2 aromatic carbocycles. The van der Waals surface area contributed by atoms with Gasteiger partial charge in [-0.05, 0) is 54.7 Å². The van der Waals surface area contributed by atoms with Gasteiger partial charge in [0.15, 0.2) is 0 Å². The number of nitrogens with zero attached hydrogens (tertiary/aromatic N) is 2. The van der Waals surface area contributed by atoms with Gasteiger partial charge in [-0.3, -0.25) is 8.89 Å². The third kappa shape index (κ3) is 4.59. The van der Waals surface area contributed by atoms with Gasteiger partial charge in [0.25, 0.3) is 0 Å². The van der Waals surface area contributed by atoms with Crippen LogP contribution in [0.15, 0.2) is 59.5 Å². The van der Waals surface area contributed by atoms with Gasteiger partial charge >= 0.3 is 0 Å². The molecule has 0 radical (unpaired) electrons. The van der Waals surface area contributed by atoms with Crippen molar-refractivity contribution < 1.29 is 9.32 Å². The van der Waals surface area contributed by atoms with Crippen molar-refractivity contribution in [1.82, 2.24) is 9.78 Å². The van der Waals surface area contributed by atoms with E-state index in [0.717, 1.165) is 33.8 Å². The Balaban J connectivity index is 1.98. The maximum Gasteiger partial charge on any atom is 0.103 e. The van der Waals surface area contributed by atoms with Crippen molar-refractivity contribution >= 4 is 10.8 Å². The molecule has 0 fully saturated rings. The van der Waals surface area contributed by atoms with E-state index in [1.54, 1.807) is 20.1 Å². The number of hydrogen-bond acceptors (Lipinski definition) is 3. The minimum Gasteiger partial charge on any atom is -0.384 e. The van der Waals surface area contributed by atoms with Gasteiger partial charge in [-0.25, -0.2) is 0 Å². The second-order valence-corrected chi connectivity index (χ2v) is 9.49. The van der Waals surface area contributed by atoms with E-state index < -0.39 is 16.4 Å². The normalized spacial score (nSPS) is 13.1. The summed E-state index contributed by atoms with van der Waals surface area (Å²) in [5.74, 6) is 0.449. The molecule has 0 aliphatic carbocycles. The van der Waals surface area contributed by atoms with Crippen LogP contribution in [0.25, 0.3) is 22.4 Å². The second kappa shape index (κ2) is 8.02. The standard InChI is InChI=1S/C23H28N2O2S/c1-16(2)15-25-21(14-22(24-25)23(3,4)26)18-11-9-17(10-12-18)19-7-6-8-20(13-19)28(5)27/h6-14,16,26H,15H2,1-5H3. The smallest absolute Gasteiger partial charge is 0.103 e. The van der Waals surface area contributed by atoms with Crippen LogP contribution in [0.1, 0.15) is 33.4 Å². The van der Waals surface area contributed by atoms with Crippen molar-refractivity contribution in [3.05, 3.63) is 60.3 Å². The molecule has 3 aromatic rings. The number of aromatic nitrogens is 2. The van der Waals surface area contributed by atoms with E-state index in [0.29, 0.717) is 11.6 Å². The highest BCUT2D eigenvalue weighted by Gasteiger charge is 2.22. The number of rotatable bonds is 6. The van der Waals surface area contributed by atoms with E-state index in [4.69, 9.17) is 0 Å². The molecule has 0 saturated heterocycles. The first-order valence-electron chi connectivity index (χ1n) is 9.50. The van der Waals surface area contributed by atoms with E-state index in [1.807, 2.05) is 35.0 Å². The second-order valence-electron chi connectivity index (χ2n) is 8.11. The maximum absolute atomic E-state index is 11.8. The molecule has 28 heavy (non-hydrogen) atoms. The van der Waals surface area contributed by atoms with E-state index in [1.165, 1.54) is 0 Å². The van der Waals surface area contributed by atoms with E-state index in [9.17, 15) is 9.32 Å². The summed E-state index contributed by atoms with van der Waals surface area (Å²) in [6, 6.07) is 18.1. The summed E-state index contributed by atoms with van der Waals surface area (Å²) >= 11 is 0. The molecule has 0 aliphatic rings. The van der Waals surface area contributed by atoms with Crippen LogP contribution in [0, 0.1) is 5.92 Å². The first kappa shape index (κ1) is 20.5. The molecule has 148 valence electrons. The van der Waals surface area contributed by atoms with Crippen molar-refractivity contribution in [2.24, 2.45) is 5.92 Å². The molecular formula is C23H28N2O2S. The maximum atomic E-state index is 11.8. The lowest BCUT2D eigenvalue weighted by Gasteiger charge is -2.13. The average Bonchev–Trinajstić information content (AvgIpc) is 3.05. The average molecular weight is 397 g/mol. The minimum absolute atomic E-state index is 0.449. The number of benzene rings is 2. The Bertz CT molecular complexity index is 983. The van der Waals surface area contributed by atoms with Gasteiger partial charge in [0.1, 0.15) is 5.60 Å². The fourth-order valence-electron chi connectivity index (χ4n) is 3.12. The molecule has 4 nitrogen and oxygen atoms in total. The molecule has 0 amide bonds. The molecule has 1 atom stereocenters. The third-order valence-electron chi connectivity index (χ3n) is 4.62. The molecular weight excluding hydrogens is 368 g/mol. The molecule has 0 spiro atoms. The summed E-state index contributed by atoms with van der Waals surface area (Å²) < 4.78 is 13.7. The Kier molecular flexibility index (Phi) is 5.87. The Morgan fingerprint density at radius 3 is 2.25 bits per heavy atom. The monoisotopic (exact) mass is 396 g/mol. The highest BCUT2D eigenvalue weighted by Crippen LogP contribution is 2.29. The zero-order valence-electron chi connectivity index (χ0n) is 17.1. The summed E-state index contributed by atoms with van der Waals surface area (Å²) in [4.78, 5) is 0.825. The zero-order chi connectivity index (χ0) is 20.5. The van der Waals surface area contributed by atoms with Gasteiger partial charge in [-0.1, -0.05) is 50.2 Å². The van der Waals surface area contributed by atoms with Gasteiger partial charge in [-0.2, -0.15) is 5.10 Å². The molecule has 5 heteroatoms. The molecule has 0 bridgehead atoms. The number of aliphatic hydroxyl groups is 1. The van der Waals surface area contributed by atoms with Crippen molar-refractivity contribution in [3.8, 4) is 22.4 Å². The van der Waals surface area contributed by atoms with Crippen LogP contribution in [0.2, 0.25) is 0 Å². The predicted molar refractivity (Wildman–Crippen MR) is 116 cm³/mol. The largest absolute Gasteiger partial charge is 0.384 e. The highest BCUT2D eigenvalue weighted by atomic mass is 32.2. The molecule has 0 saturated carbocycles. The van der Waals surface area contributed by atoms with E-state index in [2.05, 4.69) is 43.2 Å². The van der Waals surface area contributed by atoms with Gasteiger partial charge in [0, 0.05) is 28.5 Å². The molecule has 1 N–H and O–H groups in total. The summed E-state index contributed by atoms with van der Waals surface area (Å²) in [6.07, 6.45) is 1.69. The Hall–Kier alpha value is -2.24. The quantitative estimate of drug-likeness (QED) is 0.649. The lowest BCUT2D eigenvalue weighted by Crippen LogP contribution is -2.17. The summed E-state index contributed by atoms with van der Waals surface area (Å²) in [7, 11) is -0.997. The summed E-state index contributed by atoms with van der Waals surface area (Å²) in [5.41, 5.74) is 3.88. The molecule has 1 unspecified atom stereocenters. The first-order valence-corrected chi connectivity index (χ1v) is 11.1. The summed E-state index contributed by atoms with van der Waals surface area (Å²) in [5, 5.41) is 15.0. The summed E-state index contributed by atoms with van der Waals surface area (Å²) in [6.45, 7) is 8.61. The Morgan fingerprint density at radius 2 is 1.68 bits per heavy atom. The van der Waals surface area contributed by atoms with E-state index >= 15 is 0 Å². The fraction of sp³-hybridized carbons (Fsp3) is 0.348. The Morgan fingerprint density at radius 1 is 1.04 bits per heavy atom.